The largest absolute Gasteiger partial charge is 0.361 e. The number of H-pyrrole nitrogens is 1. The van der Waals surface area contributed by atoms with Crippen molar-refractivity contribution in [3.8, 4) is 0 Å². The zero-order chi connectivity index (χ0) is 15.8. The average Bonchev–Trinajstić information content (AvgIpc) is 2.90. The first-order chi connectivity index (χ1) is 10.7. The topological polar surface area (TPSA) is 27.8 Å². The molecule has 0 spiro atoms. The molecule has 0 aliphatic rings. The highest BCUT2D eigenvalue weighted by atomic mass is 14.8. The number of fused-ring (bicyclic) bond motifs is 1. The van der Waals surface area contributed by atoms with E-state index in [1.54, 1.807) is 0 Å². The lowest BCUT2D eigenvalue weighted by Crippen LogP contribution is -2.17. The van der Waals surface area contributed by atoms with Gasteiger partial charge in [0, 0.05) is 23.6 Å². The predicted molar refractivity (Wildman–Crippen MR) is 97.3 cm³/mol. The number of allylic oxidation sites excluding steroid dienone is 3. The van der Waals surface area contributed by atoms with E-state index >= 15 is 0 Å². The van der Waals surface area contributed by atoms with E-state index in [9.17, 15) is 0 Å². The van der Waals surface area contributed by atoms with Gasteiger partial charge in [0.25, 0.3) is 0 Å². The first-order valence-corrected chi connectivity index (χ1v) is 8.21. The number of hydrogen-bond donors (Lipinski definition) is 2. The van der Waals surface area contributed by atoms with Gasteiger partial charge in [-0.05, 0) is 58.2 Å². The van der Waals surface area contributed by atoms with Gasteiger partial charge in [0.2, 0.25) is 0 Å². The Morgan fingerprint density at radius 3 is 2.77 bits per heavy atom. The molecule has 0 atom stereocenters. The fourth-order valence-electron chi connectivity index (χ4n) is 2.60. The second kappa shape index (κ2) is 8.60. The molecule has 0 fully saturated rings. The van der Waals surface area contributed by atoms with Crippen molar-refractivity contribution in [2.24, 2.45) is 0 Å². The monoisotopic (exact) mass is 296 g/mol. The van der Waals surface area contributed by atoms with Crippen LogP contribution in [0.2, 0.25) is 0 Å². The fourth-order valence-corrected chi connectivity index (χ4v) is 2.60. The Balaban J connectivity index is 1.70. The minimum Gasteiger partial charge on any atom is -0.361 e. The third-order valence-electron chi connectivity index (χ3n) is 3.93. The van der Waals surface area contributed by atoms with Gasteiger partial charge in [-0.3, -0.25) is 0 Å². The lowest BCUT2D eigenvalue weighted by Gasteiger charge is -2.03. The zero-order valence-electron chi connectivity index (χ0n) is 14.1. The summed E-state index contributed by atoms with van der Waals surface area (Å²) in [6, 6.07) is 8.49. The summed E-state index contributed by atoms with van der Waals surface area (Å²) in [5.41, 5.74) is 5.50. The van der Waals surface area contributed by atoms with Crippen molar-refractivity contribution < 1.29 is 0 Å². The van der Waals surface area contributed by atoms with Gasteiger partial charge < -0.3 is 10.3 Å². The molecule has 0 radical (unpaired) electrons. The Hall–Kier alpha value is -1.80. The fraction of sp³-hybridized carbons (Fsp3) is 0.400. The van der Waals surface area contributed by atoms with Crippen LogP contribution in [-0.4, -0.2) is 18.1 Å². The Bertz CT molecular complexity index is 643. The molecule has 2 nitrogen and oxygen atoms in total. The molecular formula is C20H28N2. The van der Waals surface area contributed by atoms with Crippen LogP contribution in [0.15, 0.2) is 53.8 Å². The molecular weight excluding hydrogens is 268 g/mol. The summed E-state index contributed by atoms with van der Waals surface area (Å²) in [6.07, 6.45) is 10.1. The molecule has 0 bridgehead atoms. The summed E-state index contributed by atoms with van der Waals surface area (Å²) in [5.74, 6) is 0. The van der Waals surface area contributed by atoms with Gasteiger partial charge in [0.1, 0.15) is 0 Å². The second-order valence-corrected chi connectivity index (χ2v) is 6.18. The van der Waals surface area contributed by atoms with E-state index in [1.807, 2.05) is 0 Å². The number of aromatic amines is 1. The highest BCUT2D eigenvalue weighted by Crippen LogP contribution is 2.17. The van der Waals surface area contributed by atoms with Gasteiger partial charge in [-0.2, -0.15) is 0 Å². The molecule has 0 aliphatic carbocycles. The van der Waals surface area contributed by atoms with E-state index in [2.05, 4.69) is 73.7 Å². The SMILES string of the molecule is CC(C)=CCC/C(C)=C/CNCCc1c[nH]c2ccccc12. The van der Waals surface area contributed by atoms with Crippen LogP contribution >= 0.6 is 0 Å². The molecule has 0 saturated heterocycles. The normalized spacial score (nSPS) is 11.9. The molecule has 2 rings (SSSR count). The summed E-state index contributed by atoms with van der Waals surface area (Å²) < 4.78 is 0. The first kappa shape index (κ1) is 16.6. The van der Waals surface area contributed by atoms with Crippen LogP contribution in [-0.2, 0) is 6.42 Å². The standard InChI is InChI=1S/C20H28N2/c1-16(2)7-6-8-17(3)11-13-21-14-12-18-15-22-20-10-5-4-9-19(18)20/h4-5,7,9-11,15,21-22H,6,8,12-14H2,1-3H3/b17-11+. The lowest BCUT2D eigenvalue weighted by atomic mass is 10.1. The number of aromatic nitrogens is 1. The van der Waals surface area contributed by atoms with E-state index < -0.39 is 0 Å². The lowest BCUT2D eigenvalue weighted by molar-refractivity contribution is 0.742. The minimum atomic E-state index is 0.961. The van der Waals surface area contributed by atoms with Crippen LogP contribution in [0, 0.1) is 0 Å². The van der Waals surface area contributed by atoms with Crippen molar-refractivity contribution in [1.29, 1.82) is 0 Å². The van der Waals surface area contributed by atoms with Crippen LogP contribution < -0.4 is 5.32 Å². The van der Waals surface area contributed by atoms with E-state index in [-0.39, 0.29) is 0 Å². The van der Waals surface area contributed by atoms with Crippen molar-refractivity contribution in [2.45, 2.75) is 40.0 Å². The number of para-hydroxylation sites is 1. The highest BCUT2D eigenvalue weighted by molar-refractivity contribution is 5.83. The molecule has 1 heterocycles. The number of rotatable bonds is 8. The van der Waals surface area contributed by atoms with Gasteiger partial charge in [-0.15, -0.1) is 0 Å². The first-order valence-electron chi connectivity index (χ1n) is 8.21. The molecule has 1 aromatic carbocycles. The van der Waals surface area contributed by atoms with Crippen LogP contribution in [0.3, 0.4) is 0 Å². The van der Waals surface area contributed by atoms with E-state index in [1.165, 1.54) is 27.6 Å². The maximum atomic E-state index is 3.51. The van der Waals surface area contributed by atoms with Gasteiger partial charge in [-0.25, -0.2) is 0 Å². The third kappa shape index (κ3) is 5.19. The molecule has 0 unspecified atom stereocenters. The highest BCUT2D eigenvalue weighted by Gasteiger charge is 2.01. The number of benzene rings is 1. The van der Waals surface area contributed by atoms with Crippen LogP contribution in [0.25, 0.3) is 10.9 Å². The van der Waals surface area contributed by atoms with Gasteiger partial charge in [0.05, 0.1) is 0 Å². The molecule has 0 amide bonds. The zero-order valence-corrected chi connectivity index (χ0v) is 14.1. The minimum absolute atomic E-state index is 0.961. The molecule has 118 valence electrons. The third-order valence-corrected chi connectivity index (χ3v) is 3.93. The molecule has 22 heavy (non-hydrogen) atoms. The van der Waals surface area contributed by atoms with Crippen LogP contribution in [0.1, 0.15) is 39.2 Å². The van der Waals surface area contributed by atoms with Crippen molar-refractivity contribution in [3.05, 3.63) is 59.3 Å². The summed E-state index contributed by atoms with van der Waals surface area (Å²) >= 11 is 0. The van der Waals surface area contributed by atoms with Crippen molar-refractivity contribution >= 4 is 10.9 Å². The summed E-state index contributed by atoms with van der Waals surface area (Å²) in [7, 11) is 0. The van der Waals surface area contributed by atoms with Gasteiger partial charge in [-0.1, -0.05) is 41.5 Å². The maximum absolute atomic E-state index is 3.51. The Kier molecular flexibility index (Phi) is 6.47. The molecule has 0 aliphatic heterocycles. The maximum Gasteiger partial charge on any atom is 0.0456 e. The molecule has 2 aromatic rings. The molecule has 0 saturated carbocycles. The molecule has 2 N–H and O–H groups in total. The quantitative estimate of drug-likeness (QED) is 0.521. The van der Waals surface area contributed by atoms with Crippen LogP contribution in [0.5, 0.6) is 0 Å². The van der Waals surface area contributed by atoms with Gasteiger partial charge >= 0.3 is 0 Å². The summed E-state index contributed by atoms with van der Waals surface area (Å²) in [6.45, 7) is 8.51. The Labute approximate surface area is 134 Å². The van der Waals surface area contributed by atoms with E-state index in [0.717, 1.165) is 32.4 Å². The molecule has 1 aromatic heterocycles. The second-order valence-electron chi connectivity index (χ2n) is 6.18. The average molecular weight is 296 g/mol. The summed E-state index contributed by atoms with van der Waals surface area (Å²) in [4.78, 5) is 3.33. The smallest absolute Gasteiger partial charge is 0.0456 e. The van der Waals surface area contributed by atoms with Crippen molar-refractivity contribution in [1.82, 2.24) is 10.3 Å². The van der Waals surface area contributed by atoms with E-state index in [0.29, 0.717) is 0 Å². The predicted octanol–water partition coefficient (Wildman–Crippen LogP) is 4.99. The van der Waals surface area contributed by atoms with Crippen molar-refractivity contribution in [3.63, 3.8) is 0 Å². The number of nitrogens with one attached hydrogen (secondary N) is 2. The van der Waals surface area contributed by atoms with E-state index in [4.69, 9.17) is 0 Å². The number of hydrogen-bond acceptors (Lipinski definition) is 1. The Morgan fingerprint density at radius 1 is 1.14 bits per heavy atom. The summed E-state index contributed by atoms with van der Waals surface area (Å²) in [5, 5.41) is 4.86. The Morgan fingerprint density at radius 2 is 1.95 bits per heavy atom. The van der Waals surface area contributed by atoms with Crippen molar-refractivity contribution in [2.75, 3.05) is 13.1 Å². The van der Waals surface area contributed by atoms with Crippen LogP contribution in [0.4, 0.5) is 0 Å². The van der Waals surface area contributed by atoms with Gasteiger partial charge in [0.15, 0.2) is 0 Å². The molecule has 2 heteroatoms.